The van der Waals surface area contributed by atoms with Gasteiger partial charge in [-0.3, -0.25) is 4.79 Å². The number of fused-ring (bicyclic) bond motifs is 2. The normalized spacial score (nSPS) is 23.9. The molecule has 1 aromatic carbocycles. The molecule has 2 aliphatic rings. The number of hydrogen-bond acceptors (Lipinski definition) is 2. The van der Waals surface area contributed by atoms with Crippen LogP contribution in [0.2, 0.25) is 0 Å². The number of aromatic nitrogens is 2. The number of carbonyl (C=O) groups is 1. The number of hydrogen-bond donors (Lipinski definition) is 1. The maximum absolute atomic E-state index is 13.3. The quantitative estimate of drug-likeness (QED) is 0.743. The molecule has 0 spiro atoms. The Hall–Kier alpha value is -2.43. The number of halogens is 1. The summed E-state index contributed by atoms with van der Waals surface area (Å²) >= 11 is 0. The topological polar surface area (TPSA) is 46.9 Å². The van der Waals surface area contributed by atoms with Gasteiger partial charge in [-0.2, -0.15) is 5.10 Å². The molecule has 1 saturated carbocycles. The minimum atomic E-state index is -0.236. The highest BCUT2D eigenvalue weighted by Crippen LogP contribution is 2.54. The van der Waals surface area contributed by atoms with Crippen molar-refractivity contribution in [3.63, 3.8) is 0 Å². The van der Waals surface area contributed by atoms with Gasteiger partial charge < -0.3 is 5.32 Å². The van der Waals surface area contributed by atoms with Gasteiger partial charge in [-0.1, -0.05) is 25.8 Å². The summed E-state index contributed by atoms with van der Waals surface area (Å²) in [6.45, 7) is 6.17. The fourth-order valence-corrected chi connectivity index (χ4v) is 5.33. The summed E-state index contributed by atoms with van der Waals surface area (Å²) in [7, 11) is 0. The average Bonchev–Trinajstić information content (AvgIpc) is 3.20. The second-order valence-corrected chi connectivity index (χ2v) is 8.86. The van der Waals surface area contributed by atoms with Gasteiger partial charge in [0.2, 0.25) is 5.91 Å². The van der Waals surface area contributed by atoms with Crippen molar-refractivity contribution in [1.82, 2.24) is 15.1 Å². The van der Waals surface area contributed by atoms with E-state index in [1.165, 1.54) is 23.3 Å². The van der Waals surface area contributed by atoms with Gasteiger partial charge in [-0.05, 0) is 79.3 Å². The standard InChI is InChI=1S/C24H30FN3O/c1-4-5-21(27-16(2)29)12-18-6-7-19-13-23-17(14-24(18,19)3)15-26-28(23)22-10-8-20(25)9-11-22/h8-11,13,15,18,21H,4-7,12,14H2,1-3H3,(H,27,29). The highest BCUT2D eigenvalue weighted by molar-refractivity contribution is 5.73. The Labute approximate surface area is 172 Å². The predicted octanol–water partition coefficient (Wildman–Crippen LogP) is 5.06. The van der Waals surface area contributed by atoms with Crippen molar-refractivity contribution in [2.75, 3.05) is 0 Å². The van der Waals surface area contributed by atoms with Gasteiger partial charge in [0.15, 0.2) is 0 Å². The number of nitrogens with zero attached hydrogens (tertiary/aromatic N) is 2. The van der Waals surface area contributed by atoms with Gasteiger partial charge in [0.1, 0.15) is 5.82 Å². The summed E-state index contributed by atoms with van der Waals surface area (Å²) in [5, 5.41) is 7.77. The minimum absolute atomic E-state index is 0.0638. The zero-order valence-electron chi connectivity index (χ0n) is 17.5. The van der Waals surface area contributed by atoms with Gasteiger partial charge in [-0.25, -0.2) is 9.07 Å². The molecule has 2 aromatic rings. The van der Waals surface area contributed by atoms with E-state index in [0.29, 0.717) is 5.92 Å². The first kappa shape index (κ1) is 19.9. The van der Waals surface area contributed by atoms with Crippen molar-refractivity contribution < 1.29 is 9.18 Å². The van der Waals surface area contributed by atoms with Gasteiger partial charge in [0.25, 0.3) is 0 Å². The molecule has 154 valence electrons. The third kappa shape index (κ3) is 3.75. The van der Waals surface area contributed by atoms with Crippen LogP contribution in [0, 0.1) is 17.2 Å². The molecule has 1 N–H and O–H groups in total. The lowest BCUT2D eigenvalue weighted by molar-refractivity contribution is -0.119. The van der Waals surface area contributed by atoms with Crippen LogP contribution in [-0.2, 0) is 11.2 Å². The van der Waals surface area contributed by atoms with Crippen LogP contribution in [0.1, 0.15) is 64.1 Å². The summed E-state index contributed by atoms with van der Waals surface area (Å²) in [5.74, 6) is 0.383. The SMILES string of the molecule is CCCC(CC1CCC2=Cc3c(cnn3-c3ccc(F)cc3)CC21C)NC(C)=O. The van der Waals surface area contributed by atoms with E-state index in [1.54, 1.807) is 19.1 Å². The molecule has 3 atom stereocenters. The summed E-state index contributed by atoms with van der Waals surface area (Å²) < 4.78 is 15.2. The zero-order valence-corrected chi connectivity index (χ0v) is 17.5. The van der Waals surface area contributed by atoms with Crippen LogP contribution in [0.3, 0.4) is 0 Å². The molecule has 3 unspecified atom stereocenters. The van der Waals surface area contributed by atoms with Crippen molar-refractivity contribution in [2.45, 2.75) is 65.3 Å². The molecule has 4 rings (SSSR count). The molecule has 0 radical (unpaired) electrons. The summed E-state index contributed by atoms with van der Waals surface area (Å²) in [4.78, 5) is 11.6. The molecule has 2 aliphatic carbocycles. The molecule has 0 bridgehead atoms. The van der Waals surface area contributed by atoms with E-state index in [2.05, 4.69) is 30.3 Å². The Morgan fingerprint density at radius 1 is 1.38 bits per heavy atom. The smallest absolute Gasteiger partial charge is 0.217 e. The van der Waals surface area contributed by atoms with Crippen molar-refractivity contribution in [3.05, 3.63) is 53.1 Å². The summed E-state index contributed by atoms with van der Waals surface area (Å²) in [6.07, 6.45) is 10.6. The van der Waals surface area contributed by atoms with Crippen LogP contribution in [0.4, 0.5) is 4.39 Å². The first-order chi connectivity index (χ1) is 13.9. The van der Waals surface area contributed by atoms with Gasteiger partial charge in [0, 0.05) is 13.0 Å². The molecular formula is C24H30FN3O. The largest absolute Gasteiger partial charge is 0.354 e. The van der Waals surface area contributed by atoms with Crippen LogP contribution < -0.4 is 5.32 Å². The number of carbonyl (C=O) groups excluding carboxylic acids is 1. The molecule has 4 nitrogen and oxygen atoms in total. The Morgan fingerprint density at radius 2 is 2.14 bits per heavy atom. The Kier molecular flexibility index (Phi) is 5.32. The zero-order chi connectivity index (χ0) is 20.6. The van der Waals surface area contributed by atoms with Crippen molar-refractivity contribution in [3.8, 4) is 5.69 Å². The van der Waals surface area contributed by atoms with Crippen molar-refractivity contribution >= 4 is 12.0 Å². The maximum Gasteiger partial charge on any atom is 0.217 e. The van der Waals surface area contributed by atoms with E-state index in [1.807, 2.05) is 10.9 Å². The lowest BCUT2D eigenvalue weighted by Gasteiger charge is -2.37. The molecule has 29 heavy (non-hydrogen) atoms. The monoisotopic (exact) mass is 395 g/mol. The number of rotatable bonds is 6. The van der Waals surface area contributed by atoms with Gasteiger partial charge in [-0.15, -0.1) is 0 Å². The molecule has 1 amide bonds. The number of allylic oxidation sites excluding steroid dienone is 1. The summed E-state index contributed by atoms with van der Waals surface area (Å²) in [6, 6.07) is 6.75. The number of nitrogens with one attached hydrogen (secondary N) is 1. The van der Waals surface area contributed by atoms with Crippen LogP contribution in [0.5, 0.6) is 0 Å². The Balaban J connectivity index is 1.59. The Bertz CT molecular complexity index is 930. The lowest BCUT2D eigenvalue weighted by atomic mass is 9.68. The van der Waals surface area contributed by atoms with Crippen LogP contribution in [0.25, 0.3) is 11.8 Å². The molecule has 1 heterocycles. The lowest BCUT2D eigenvalue weighted by Crippen LogP contribution is -2.38. The number of amides is 1. The van der Waals surface area contributed by atoms with Gasteiger partial charge in [0.05, 0.1) is 17.6 Å². The first-order valence-electron chi connectivity index (χ1n) is 10.7. The fourth-order valence-electron chi connectivity index (χ4n) is 5.33. The second kappa shape index (κ2) is 7.77. The van der Waals surface area contributed by atoms with Crippen LogP contribution in [0.15, 0.2) is 36.0 Å². The molecule has 1 fully saturated rings. The third-order valence-electron chi connectivity index (χ3n) is 6.84. The molecule has 0 saturated heterocycles. The highest BCUT2D eigenvalue weighted by atomic mass is 19.1. The molecular weight excluding hydrogens is 365 g/mol. The highest BCUT2D eigenvalue weighted by Gasteiger charge is 2.46. The van der Waals surface area contributed by atoms with Crippen LogP contribution >= 0.6 is 0 Å². The van der Waals surface area contributed by atoms with E-state index >= 15 is 0 Å². The van der Waals surface area contributed by atoms with E-state index < -0.39 is 0 Å². The third-order valence-corrected chi connectivity index (χ3v) is 6.84. The van der Waals surface area contributed by atoms with E-state index in [0.717, 1.165) is 49.9 Å². The van der Waals surface area contributed by atoms with Gasteiger partial charge >= 0.3 is 0 Å². The van der Waals surface area contributed by atoms with E-state index in [4.69, 9.17) is 0 Å². The first-order valence-corrected chi connectivity index (χ1v) is 10.7. The van der Waals surface area contributed by atoms with Crippen LogP contribution in [-0.4, -0.2) is 21.7 Å². The number of benzene rings is 1. The molecule has 5 heteroatoms. The molecule has 0 aliphatic heterocycles. The minimum Gasteiger partial charge on any atom is -0.354 e. The van der Waals surface area contributed by atoms with E-state index in [9.17, 15) is 9.18 Å². The van der Waals surface area contributed by atoms with E-state index in [-0.39, 0.29) is 23.2 Å². The Morgan fingerprint density at radius 3 is 2.83 bits per heavy atom. The van der Waals surface area contributed by atoms with Crippen molar-refractivity contribution in [2.24, 2.45) is 11.3 Å². The van der Waals surface area contributed by atoms with Crippen molar-refractivity contribution in [1.29, 1.82) is 0 Å². The average molecular weight is 396 g/mol. The second-order valence-electron chi connectivity index (χ2n) is 8.86. The maximum atomic E-state index is 13.3. The molecule has 1 aromatic heterocycles. The summed E-state index contributed by atoms with van der Waals surface area (Å²) in [5.41, 5.74) is 4.86. The predicted molar refractivity (Wildman–Crippen MR) is 113 cm³/mol. The fraction of sp³-hybridized carbons (Fsp3) is 0.500.